The second-order valence-electron chi connectivity index (χ2n) is 4.26. The number of amides is 1. The van der Waals surface area contributed by atoms with Crippen LogP contribution in [0.5, 0.6) is 5.75 Å². The number of hydrogen-bond donors (Lipinski definition) is 2. The number of carbonyl (C=O) groups excluding carboxylic acids is 1. The van der Waals surface area contributed by atoms with Crippen molar-refractivity contribution in [3.05, 3.63) is 34.7 Å². The van der Waals surface area contributed by atoms with Crippen LogP contribution in [0.4, 0.5) is 0 Å². The van der Waals surface area contributed by atoms with Gasteiger partial charge in [-0.1, -0.05) is 25.1 Å². The molecule has 1 aromatic carbocycles. The lowest BCUT2D eigenvalue weighted by Gasteiger charge is -2.15. The standard InChI is InChI=1S/C14H14N2O4S/c1-2-9(13(18)19)20-10-6-4-3-5-8(10)7-11-12(17)16-14(15)21-11/h3-7,9H,2H2,1H3,(H,18,19)(H2,15,16,17)/b11-7-. The molecule has 21 heavy (non-hydrogen) atoms. The lowest BCUT2D eigenvalue weighted by atomic mass is 10.1. The topological polar surface area (TPSA) is 102 Å². The molecule has 0 radical (unpaired) electrons. The fourth-order valence-corrected chi connectivity index (χ4v) is 2.41. The molecule has 0 fully saturated rings. The molecule has 1 unspecified atom stereocenters. The molecule has 2 rings (SSSR count). The number of hydrogen-bond acceptors (Lipinski definition) is 5. The number of carboxylic acids is 1. The second kappa shape index (κ2) is 6.45. The minimum absolute atomic E-state index is 0.196. The molecule has 3 N–H and O–H groups in total. The normalized spacial score (nSPS) is 17.7. The summed E-state index contributed by atoms with van der Waals surface area (Å²) < 4.78 is 5.50. The van der Waals surface area contributed by atoms with E-state index in [0.717, 1.165) is 11.8 Å². The number of aliphatic imine (C=N–C) groups is 1. The average molecular weight is 306 g/mol. The van der Waals surface area contributed by atoms with Crippen LogP contribution in [0.3, 0.4) is 0 Å². The summed E-state index contributed by atoms with van der Waals surface area (Å²) in [4.78, 5) is 26.6. The van der Waals surface area contributed by atoms with Gasteiger partial charge in [-0.15, -0.1) is 0 Å². The van der Waals surface area contributed by atoms with Crippen LogP contribution in [-0.2, 0) is 9.59 Å². The first-order valence-corrected chi connectivity index (χ1v) is 7.09. The van der Waals surface area contributed by atoms with E-state index in [1.807, 2.05) is 0 Å². The summed E-state index contributed by atoms with van der Waals surface area (Å²) in [6, 6.07) is 6.90. The van der Waals surface area contributed by atoms with Gasteiger partial charge in [-0.2, -0.15) is 4.99 Å². The zero-order valence-corrected chi connectivity index (χ0v) is 12.1. The van der Waals surface area contributed by atoms with Crippen LogP contribution in [0.2, 0.25) is 0 Å². The van der Waals surface area contributed by atoms with Crippen LogP contribution in [0.25, 0.3) is 6.08 Å². The number of carboxylic acid groups (broad SMARTS) is 1. The Balaban J connectivity index is 2.28. The van der Waals surface area contributed by atoms with Gasteiger partial charge in [0, 0.05) is 5.56 Å². The molecule has 6 nitrogen and oxygen atoms in total. The third-order valence-electron chi connectivity index (χ3n) is 2.76. The van der Waals surface area contributed by atoms with Gasteiger partial charge in [0.2, 0.25) is 0 Å². The molecule has 1 atom stereocenters. The summed E-state index contributed by atoms with van der Waals surface area (Å²) >= 11 is 1.08. The second-order valence-corrected chi connectivity index (χ2v) is 5.32. The quantitative estimate of drug-likeness (QED) is 0.805. The zero-order chi connectivity index (χ0) is 15.4. The Morgan fingerprint density at radius 2 is 2.24 bits per heavy atom. The van der Waals surface area contributed by atoms with Crippen LogP contribution < -0.4 is 10.5 Å². The van der Waals surface area contributed by atoms with E-state index in [0.29, 0.717) is 22.6 Å². The molecular formula is C14H14N2O4S. The van der Waals surface area contributed by atoms with Gasteiger partial charge < -0.3 is 15.6 Å². The Hall–Kier alpha value is -2.28. The van der Waals surface area contributed by atoms with Crippen molar-refractivity contribution in [3.63, 3.8) is 0 Å². The maximum Gasteiger partial charge on any atom is 0.344 e. The van der Waals surface area contributed by atoms with E-state index < -0.39 is 18.0 Å². The van der Waals surface area contributed by atoms with Crippen LogP contribution in [0.1, 0.15) is 18.9 Å². The van der Waals surface area contributed by atoms with E-state index in [9.17, 15) is 9.59 Å². The Labute approximate surface area is 125 Å². The predicted octanol–water partition coefficient (Wildman–Crippen LogP) is 1.86. The summed E-state index contributed by atoms with van der Waals surface area (Å²) in [5, 5.41) is 9.25. The number of benzene rings is 1. The van der Waals surface area contributed by atoms with E-state index >= 15 is 0 Å². The van der Waals surface area contributed by atoms with Gasteiger partial charge in [-0.3, -0.25) is 4.79 Å². The largest absolute Gasteiger partial charge is 0.479 e. The van der Waals surface area contributed by atoms with Crippen molar-refractivity contribution in [1.82, 2.24) is 0 Å². The highest BCUT2D eigenvalue weighted by atomic mass is 32.2. The molecule has 0 saturated carbocycles. The first-order valence-electron chi connectivity index (χ1n) is 6.27. The molecule has 1 aromatic rings. The highest BCUT2D eigenvalue weighted by Crippen LogP contribution is 2.30. The lowest BCUT2D eigenvalue weighted by molar-refractivity contribution is -0.145. The van der Waals surface area contributed by atoms with E-state index in [2.05, 4.69) is 4.99 Å². The number of thioether (sulfide) groups is 1. The number of carbonyl (C=O) groups is 2. The predicted molar refractivity (Wildman–Crippen MR) is 81.0 cm³/mol. The Kier molecular flexibility index (Phi) is 4.64. The number of aliphatic carboxylic acids is 1. The number of rotatable bonds is 5. The molecule has 1 amide bonds. The molecule has 0 aliphatic carbocycles. The molecular weight excluding hydrogens is 292 g/mol. The first kappa shape index (κ1) is 15.1. The first-order chi connectivity index (χ1) is 10.0. The van der Waals surface area contributed by atoms with Gasteiger partial charge in [0.15, 0.2) is 11.3 Å². The summed E-state index contributed by atoms with van der Waals surface area (Å²) in [7, 11) is 0. The van der Waals surface area contributed by atoms with Crippen LogP contribution >= 0.6 is 11.8 Å². The zero-order valence-electron chi connectivity index (χ0n) is 11.3. The highest BCUT2D eigenvalue weighted by molar-refractivity contribution is 8.18. The molecule has 1 aliphatic heterocycles. The third-order valence-corrected chi connectivity index (χ3v) is 3.57. The van der Waals surface area contributed by atoms with Crippen molar-refractivity contribution in [2.75, 3.05) is 0 Å². The number of nitrogens with two attached hydrogens (primary N) is 1. The van der Waals surface area contributed by atoms with Gasteiger partial charge in [-0.05, 0) is 30.3 Å². The highest BCUT2D eigenvalue weighted by Gasteiger charge is 2.21. The molecule has 0 aromatic heterocycles. The number of amidine groups is 1. The average Bonchev–Trinajstić information content (AvgIpc) is 2.75. The molecule has 0 saturated heterocycles. The summed E-state index contributed by atoms with van der Waals surface area (Å²) in [5.41, 5.74) is 6.10. The minimum Gasteiger partial charge on any atom is -0.479 e. The van der Waals surface area contributed by atoms with Crippen molar-refractivity contribution in [2.45, 2.75) is 19.4 Å². The van der Waals surface area contributed by atoms with E-state index in [1.54, 1.807) is 37.3 Å². The van der Waals surface area contributed by atoms with Gasteiger partial charge in [0.05, 0.1) is 4.91 Å². The fourth-order valence-electron chi connectivity index (χ4n) is 1.74. The number of para-hydroxylation sites is 1. The maximum absolute atomic E-state index is 11.6. The van der Waals surface area contributed by atoms with Gasteiger partial charge in [-0.25, -0.2) is 4.79 Å². The van der Waals surface area contributed by atoms with Gasteiger partial charge >= 0.3 is 5.97 Å². The maximum atomic E-state index is 11.6. The Morgan fingerprint density at radius 1 is 1.52 bits per heavy atom. The Bertz CT molecular complexity index is 640. The van der Waals surface area contributed by atoms with Crippen LogP contribution in [-0.4, -0.2) is 28.3 Å². The molecule has 110 valence electrons. The summed E-state index contributed by atoms with van der Waals surface area (Å²) in [5.74, 6) is -1.03. The van der Waals surface area contributed by atoms with Crippen molar-refractivity contribution in [2.24, 2.45) is 10.7 Å². The SMILES string of the molecule is CCC(Oc1ccccc1/C=C1\SC(N)=NC1=O)C(=O)O. The van der Waals surface area contributed by atoms with Crippen molar-refractivity contribution in [1.29, 1.82) is 0 Å². The lowest BCUT2D eigenvalue weighted by Crippen LogP contribution is -2.26. The molecule has 1 heterocycles. The van der Waals surface area contributed by atoms with Crippen molar-refractivity contribution >= 4 is 34.9 Å². The van der Waals surface area contributed by atoms with E-state index in [-0.39, 0.29) is 5.17 Å². The molecule has 1 aliphatic rings. The third kappa shape index (κ3) is 3.63. The van der Waals surface area contributed by atoms with E-state index in [4.69, 9.17) is 15.6 Å². The summed E-state index contributed by atoms with van der Waals surface area (Å²) in [6.07, 6.45) is 1.00. The van der Waals surface area contributed by atoms with Crippen LogP contribution in [0, 0.1) is 0 Å². The molecule has 0 spiro atoms. The smallest absolute Gasteiger partial charge is 0.344 e. The van der Waals surface area contributed by atoms with Gasteiger partial charge in [0.1, 0.15) is 5.75 Å². The Morgan fingerprint density at radius 3 is 2.81 bits per heavy atom. The molecule has 7 heteroatoms. The number of nitrogens with zero attached hydrogens (tertiary/aromatic N) is 1. The number of ether oxygens (including phenoxy) is 1. The monoisotopic (exact) mass is 306 g/mol. The van der Waals surface area contributed by atoms with E-state index in [1.165, 1.54) is 0 Å². The van der Waals surface area contributed by atoms with Crippen molar-refractivity contribution < 1.29 is 19.4 Å². The van der Waals surface area contributed by atoms with Gasteiger partial charge in [0.25, 0.3) is 5.91 Å². The van der Waals surface area contributed by atoms with Crippen molar-refractivity contribution in [3.8, 4) is 5.75 Å². The molecule has 0 bridgehead atoms. The minimum atomic E-state index is -1.03. The summed E-state index contributed by atoms with van der Waals surface area (Å²) in [6.45, 7) is 1.73. The van der Waals surface area contributed by atoms with Crippen LogP contribution in [0.15, 0.2) is 34.2 Å². The fraction of sp³-hybridized carbons (Fsp3) is 0.214.